The molecule has 1 aliphatic rings. The van der Waals surface area contributed by atoms with Gasteiger partial charge in [-0.05, 0) is 25.0 Å². The molecule has 1 saturated heterocycles. The quantitative estimate of drug-likeness (QED) is 0.630. The number of hydrogen-bond acceptors (Lipinski definition) is 3. The number of nitrogens with zero attached hydrogens (tertiary/aromatic N) is 3. The summed E-state index contributed by atoms with van der Waals surface area (Å²) < 4.78 is 0. The van der Waals surface area contributed by atoms with Gasteiger partial charge >= 0.3 is 0 Å². The van der Waals surface area contributed by atoms with E-state index >= 15 is 0 Å². The van der Waals surface area contributed by atoms with E-state index in [1.54, 1.807) is 5.01 Å². The monoisotopic (exact) mass is 187 g/mol. The fourth-order valence-corrected chi connectivity index (χ4v) is 1.74. The maximum atomic E-state index is 8.96. The highest BCUT2D eigenvalue weighted by atomic mass is 15.6. The summed E-state index contributed by atoms with van der Waals surface area (Å²) in [5.74, 6) is 0. The number of para-hydroxylation sites is 1. The van der Waals surface area contributed by atoms with E-state index in [0.717, 1.165) is 31.6 Å². The molecule has 3 heteroatoms. The Bertz CT molecular complexity index is 328. The van der Waals surface area contributed by atoms with Gasteiger partial charge in [-0.25, -0.2) is 5.01 Å². The minimum Gasteiger partial charge on any atom is -0.277 e. The van der Waals surface area contributed by atoms with Crippen LogP contribution in [0.1, 0.15) is 12.8 Å². The van der Waals surface area contributed by atoms with Crippen LogP contribution in [-0.4, -0.2) is 18.1 Å². The number of nitriles is 1. The molecular weight excluding hydrogens is 174 g/mol. The van der Waals surface area contributed by atoms with Crippen LogP contribution in [0.25, 0.3) is 0 Å². The van der Waals surface area contributed by atoms with Crippen molar-refractivity contribution in [3.8, 4) is 6.19 Å². The molecule has 0 amide bonds. The van der Waals surface area contributed by atoms with Crippen LogP contribution in [0, 0.1) is 11.5 Å². The van der Waals surface area contributed by atoms with Gasteiger partial charge in [-0.2, -0.15) is 5.26 Å². The highest BCUT2D eigenvalue weighted by molar-refractivity contribution is 5.45. The molecule has 0 aliphatic carbocycles. The van der Waals surface area contributed by atoms with Crippen LogP contribution in [0.4, 0.5) is 5.69 Å². The average Bonchev–Trinajstić information content (AvgIpc) is 2.30. The van der Waals surface area contributed by atoms with Gasteiger partial charge < -0.3 is 0 Å². The third-order valence-electron chi connectivity index (χ3n) is 2.45. The summed E-state index contributed by atoms with van der Waals surface area (Å²) in [5, 5.41) is 12.7. The van der Waals surface area contributed by atoms with Crippen molar-refractivity contribution in [2.45, 2.75) is 12.8 Å². The second-order valence-corrected chi connectivity index (χ2v) is 3.39. The molecule has 0 bridgehead atoms. The molecule has 0 N–H and O–H groups in total. The summed E-state index contributed by atoms with van der Waals surface area (Å²) in [6.45, 7) is 1.78. The van der Waals surface area contributed by atoms with Crippen molar-refractivity contribution in [2.24, 2.45) is 0 Å². The van der Waals surface area contributed by atoms with Crippen molar-refractivity contribution >= 4 is 5.69 Å². The molecule has 1 aromatic rings. The summed E-state index contributed by atoms with van der Waals surface area (Å²) in [6.07, 6.45) is 4.48. The van der Waals surface area contributed by atoms with Gasteiger partial charge in [0.1, 0.15) is 0 Å². The lowest BCUT2D eigenvalue weighted by Crippen LogP contribution is -2.44. The molecule has 1 aliphatic heterocycles. The first-order chi connectivity index (χ1) is 6.92. The topological polar surface area (TPSA) is 30.3 Å². The normalized spacial score (nSPS) is 16.5. The molecule has 1 aromatic carbocycles. The van der Waals surface area contributed by atoms with Crippen molar-refractivity contribution in [1.82, 2.24) is 5.01 Å². The van der Waals surface area contributed by atoms with Crippen LogP contribution in [-0.2, 0) is 0 Å². The third-order valence-corrected chi connectivity index (χ3v) is 2.45. The smallest absolute Gasteiger partial charge is 0.200 e. The van der Waals surface area contributed by atoms with Crippen LogP contribution in [0.3, 0.4) is 0 Å². The zero-order valence-electron chi connectivity index (χ0n) is 8.06. The Morgan fingerprint density at radius 3 is 2.50 bits per heavy atom. The summed E-state index contributed by atoms with van der Waals surface area (Å²) in [4.78, 5) is 0. The second-order valence-electron chi connectivity index (χ2n) is 3.39. The van der Waals surface area contributed by atoms with Crippen molar-refractivity contribution in [3.63, 3.8) is 0 Å². The minimum absolute atomic E-state index is 0.839. The van der Waals surface area contributed by atoms with Gasteiger partial charge in [0.05, 0.1) is 12.2 Å². The van der Waals surface area contributed by atoms with Gasteiger partial charge in [0.25, 0.3) is 0 Å². The van der Waals surface area contributed by atoms with Gasteiger partial charge in [0.15, 0.2) is 6.19 Å². The Labute approximate surface area is 84.1 Å². The number of hydrazine groups is 1. The molecule has 2 rings (SSSR count). The van der Waals surface area contributed by atoms with Gasteiger partial charge in [0, 0.05) is 6.54 Å². The Kier molecular flexibility index (Phi) is 2.55. The van der Waals surface area contributed by atoms with E-state index in [1.165, 1.54) is 0 Å². The summed E-state index contributed by atoms with van der Waals surface area (Å²) >= 11 is 0. The van der Waals surface area contributed by atoms with Gasteiger partial charge in [-0.1, -0.05) is 18.2 Å². The molecule has 0 unspecified atom stereocenters. The molecule has 14 heavy (non-hydrogen) atoms. The number of hydrogen-bond donors (Lipinski definition) is 0. The van der Waals surface area contributed by atoms with Crippen molar-refractivity contribution in [3.05, 3.63) is 30.3 Å². The van der Waals surface area contributed by atoms with Crippen LogP contribution in [0.15, 0.2) is 30.3 Å². The van der Waals surface area contributed by atoms with E-state index in [0.29, 0.717) is 0 Å². The van der Waals surface area contributed by atoms with E-state index < -0.39 is 0 Å². The third kappa shape index (κ3) is 1.64. The summed E-state index contributed by atoms with van der Waals surface area (Å²) in [5.41, 5.74) is 1.11. The Morgan fingerprint density at radius 1 is 1.07 bits per heavy atom. The van der Waals surface area contributed by atoms with Crippen LogP contribution in [0.5, 0.6) is 0 Å². The average molecular weight is 187 g/mol. The summed E-state index contributed by atoms with van der Waals surface area (Å²) in [7, 11) is 0. The molecular formula is C11H13N3. The molecule has 3 nitrogen and oxygen atoms in total. The molecule has 0 saturated carbocycles. The molecule has 1 fully saturated rings. The van der Waals surface area contributed by atoms with E-state index in [4.69, 9.17) is 5.26 Å². The zero-order chi connectivity index (χ0) is 9.80. The van der Waals surface area contributed by atoms with Crippen molar-refractivity contribution < 1.29 is 0 Å². The fourth-order valence-electron chi connectivity index (χ4n) is 1.74. The first-order valence-corrected chi connectivity index (χ1v) is 4.91. The highest BCUT2D eigenvalue weighted by Gasteiger charge is 2.18. The van der Waals surface area contributed by atoms with Crippen molar-refractivity contribution in [2.75, 3.05) is 18.1 Å². The molecule has 0 radical (unpaired) electrons. The highest BCUT2D eigenvalue weighted by Crippen LogP contribution is 2.19. The van der Waals surface area contributed by atoms with Crippen molar-refractivity contribution in [1.29, 1.82) is 5.26 Å². The summed E-state index contributed by atoms with van der Waals surface area (Å²) in [6, 6.07) is 10.1. The van der Waals surface area contributed by atoms with E-state index in [2.05, 4.69) is 6.19 Å². The zero-order valence-corrected chi connectivity index (χ0v) is 8.06. The van der Waals surface area contributed by atoms with Gasteiger partial charge in [0.2, 0.25) is 0 Å². The predicted octanol–water partition coefficient (Wildman–Crippen LogP) is 1.98. The number of anilines is 1. The lowest BCUT2D eigenvalue weighted by atomic mass is 10.2. The first kappa shape index (κ1) is 8.89. The first-order valence-electron chi connectivity index (χ1n) is 4.91. The Hall–Kier alpha value is -1.69. The predicted molar refractivity (Wildman–Crippen MR) is 55.3 cm³/mol. The fraction of sp³-hybridized carbons (Fsp3) is 0.364. The second kappa shape index (κ2) is 4.01. The Balaban J connectivity index is 2.20. The Morgan fingerprint density at radius 2 is 1.79 bits per heavy atom. The van der Waals surface area contributed by atoms with Gasteiger partial charge in [-0.15, -0.1) is 0 Å². The van der Waals surface area contributed by atoms with E-state index in [-0.39, 0.29) is 0 Å². The standard InChI is InChI=1S/C11H13N3/c12-10-13-8-4-5-9-14(13)11-6-2-1-3-7-11/h1-3,6-7H,4-5,8-9H2. The number of rotatable bonds is 1. The molecule has 0 aromatic heterocycles. The van der Waals surface area contributed by atoms with E-state index in [1.807, 2.05) is 35.3 Å². The number of benzene rings is 1. The maximum Gasteiger partial charge on any atom is 0.200 e. The van der Waals surface area contributed by atoms with Crippen LogP contribution >= 0.6 is 0 Å². The van der Waals surface area contributed by atoms with E-state index in [9.17, 15) is 0 Å². The largest absolute Gasteiger partial charge is 0.277 e. The molecule has 72 valence electrons. The maximum absolute atomic E-state index is 8.96. The lowest BCUT2D eigenvalue weighted by Gasteiger charge is -2.36. The SMILES string of the molecule is N#CN1CCCCN1c1ccccc1. The van der Waals surface area contributed by atoms with Crippen LogP contribution in [0.2, 0.25) is 0 Å². The van der Waals surface area contributed by atoms with Crippen LogP contribution < -0.4 is 5.01 Å². The molecule has 0 spiro atoms. The van der Waals surface area contributed by atoms with Gasteiger partial charge in [-0.3, -0.25) is 5.01 Å². The minimum atomic E-state index is 0.839. The molecule has 1 heterocycles. The molecule has 0 atom stereocenters. The lowest BCUT2D eigenvalue weighted by molar-refractivity contribution is 0.305.